The molecule has 0 fully saturated rings. The number of carbonyl (C=O) groups excluding carboxylic acids is 1. The van der Waals surface area contributed by atoms with E-state index in [2.05, 4.69) is 12.1 Å². The monoisotopic (exact) mass is 376 g/mol. The number of hydrogen-bond acceptors (Lipinski definition) is 2. The molecule has 0 heterocycles. The van der Waals surface area contributed by atoms with Crippen LogP contribution in [0.3, 0.4) is 0 Å². The van der Waals surface area contributed by atoms with Gasteiger partial charge in [-0.25, -0.2) is 0 Å². The van der Waals surface area contributed by atoms with E-state index in [-0.39, 0.29) is 22.1 Å². The van der Waals surface area contributed by atoms with Crippen molar-refractivity contribution in [1.29, 1.82) is 0 Å². The van der Waals surface area contributed by atoms with Crippen molar-refractivity contribution in [2.45, 2.75) is 43.1 Å². The average Bonchev–Trinajstić information content (AvgIpc) is 2.71. The van der Waals surface area contributed by atoms with Crippen LogP contribution in [0.15, 0.2) is 65.2 Å². The predicted molar refractivity (Wildman–Crippen MR) is 103 cm³/mol. The number of hydrogen-bond donors (Lipinski definition) is 1. The van der Waals surface area contributed by atoms with Crippen LogP contribution in [0.25, 0.3) is 0 Å². The number of alkyl halides is 1. The molecule has 0 saturated heterocycles. The van der Waals surface area contributed by atoms with Gasteiger partial charge in [0.1, 0.15) is 5.60 Å². The third-order valence-electron chi connectivity index (χ3n) is 4.97. The van der Waals surface area contributed by atoms with E-state index in [4.69, 9.17) is 23.2 Å². The lowest BCUT2D eigenvalue weighted by atomic mass is 9.80. The summed E-state index contributed by atoms with van der Waals surface area (Å²) in [6.45, 7) is 0. The lowest BCUT2D eigenvalue weighted by Gasteiger charge is -2.32. The fourth-order valence-corrected chi connectivity index (χ4v) is 4.04. The smallest absolute Gasteiger partial charge is 0.157 e. The standard InChI is InChI=1S/C21H22Cl2O2/c22-18-10-8-17(9-11-18)21(25)14-16(12-19(24)13-20(21)23)7-6-15-4-2-1-3-5-15/h1-5,8-10,13,16,18,25H,6-7,11-12,14H2. The van der Waals surface area contributed by atoms with Gasteiger partial charge in [0, 0.05) is 6.42 Å². The van der Waals surface area contributed by atoms with Crippen molar-refractivity contribution in [2.24, 2.45) is 5.92 Å². The van der Waals surface area contributed by atoms with Gasteiger partial charge in [0.2, 0.25) is 0 Å². The normalized spacial score (nSPS) is 29.8. The number of halogens is 2. The molecule has 2 nitrogen and oxygen atoms in total. The number of rotatable bonds is 4. The van der Waals surface area contributed by atoms with Gasteiger partial charge in [0.25, 0.3) is 0 Å². The minimum absolute atomic E-state index is 0.0189. The number of allylic oxidation sites excluding steroid dienone is 3. The number of aryl methyl sites for hydroxylation is 1. The van der Waals surface area contributed by atoms with Crippen LogP contribution in [-0.4, -0.2) is 21.9 Å². The highest BCUT2D eigenvalue weighted by Gasteiger charge is 2.40. The summed E-state index contributed by atoms with van der Waals surface area (Å²) in [6, 6.07) is 10.2. The number of aliphatic hydroxyl groups is 1. The van der Waals surface area contributed by atoms with E-state index in [9.17, 15) is 9.90 Å². The molecule has 0 spiro atoms. The summed E-state index contributed by atoms with van der Waals surface area (Å²) in [4.78, 5) is 12.2. The van der Waals surface area contributed by atoms with Crippen molar-refractivity contribution in [1.82, 2.24) is 0 Å². The van der Waals surface area contributed by atoms with Gasteiger partial charge in [-0.1, -0.05) is 60.2 Å². The van der Waals surface area contributed by atoms with Gasteiger partial charge in [-0.2, -0.15) is 0 Å². The largest absolute Gasteiger partial charge is 0.379 e. The Balaban J connectivity index is 1.78. The van der Waals surface area contributed by atoms with E-state index < -0.39 is 5.60 Å². The molecular weight excluding hydrogens is 355 g/mol. The Hall–Kier alpha value is -1.35. The number of ketones is 1. The molecule has 0 bridgehead atoms. The first-order valence-electron chi connectivity index (χ1n) is 8.67. The summed E-state index contributed by atoms with van der Waals surface area (Å²) in [6.07, 6.45) is 10.3. The molecule has 0 aliphatic heterocycles. The zero-order valence-electron chi connectivity index (χ0n) is 14.0. The first kappa shape index (κ1) is 18.4. The zero-order chi connectivity index (χ0) is 17.9. The maximum Gasteiger partial charge on any atom is 0.157 e. The fraction of sp³-hybridized carbons (Fsp3) is 0.381. The maximum absolute atomic E-state index is 12.2. The molecule has 4 heteroatoms. The first-order chi connectivity index (χ1) is 12.0. The highest BCUT2D eigenvalue weighted by Crippen LogP contribution is 2.41. The second kappa shape index (κ2) is 7.90. The van der Waals surface area contributed by atoms with Crippen LogP contribution in [0.4, 0.5) is 0 Å². The van der Waals surface area contributed by atoms with Crippen molar-refractivity contribution < 1.29 is 9.90 Å². The van der Waals surface area contributed by atoms with E-state index in [1.54, 1.807) is 0 Å². The van der Waals surface area contributed by atoms with Crippen LogP contribution in [-0.2, 0) is 11.2 Å². The Morgan fingerprint density at radius 2 is 2.00 bits per heavy atom. The van der Waals surface area contributed by atoms with Gasteiger partial charge < -0.3 is 5.11 Å². The Kier molecular flexibility index (Phi) is 5.83. The molecule has 1 aromatic carbocycles. The molecular formula is C21H22Cl2O2. The van der Waals surface area contributed by atoms with E-state index in [1.165, 1.54) is 11.6 Å². The minimum Gasteiger partial charge on any atom is -0.379 e. The number of carbonyl (C=O) groups is 1. The topological polar surface area (TPSA) is 37.3 Å². The van der Waals surface area contributed by atoms with Crippen LogP contribution < -0.4 is 0 Å². The molecule has 3 unspecified atom stereocenters. The van der Waals surface area contributed by atoms with Gasteiger partial charge >= 0.3 is 0 Å². The van der Waals surface area contributed by atoms with Crippen LogP contribution in [0.1, 0.15) is 31.2 Å². The van der Waals surface area contributed by atoms with E-state index >= 15 is 0 Å². The van der Waals surface area contributed by atoms with Crippen molar-refractivity contribution >= 4 is 29.0 Å². The zero-order valence-corrected chi connectivity index (χ0v) is 15.5. The Labute approximate surface area is 158 Å². The highest BCUT2D eigenvalue weighted by molar-refractivity contribution is 6.32. The van der Waals surface area contributed by atoms with Crippen LogP contribution in [0.5, 0.6) is 0 Å². The first-order valence-corrected chi connectivity index (χ1v) is 9.48. The molecule has 25 heavy (non-hydrogen) atoms. The summed E-state index contributed by atoms with van der Waals surface area (Å²) in [7, 11) is 0. The second-order valence-corrected chi connectivity index (χ2v) is 7.86. The average molecular weight is 377 g/mol. The SMILES string of the molecule is O=C1C=C(Cl)C(O)(C2=CCC(Cl)C=C2)CC(CCc2ccccc2)C1. The third kappa shape index (κ3) is 4.44. The number of benzene rings is 1. The van der Waals surface area contributed by atoms with Crippen molar-refractivity contribution in [3.8, 4) is 0 Å². The summed E-state index contributed by atoms with van der Waals surface area (Å²) < 4.78 is 0. The van der Waals surface area contributed by atoms with Crippen LogP contribution in [0, 0.1) is 5.92 Å². The molecule has 132 valence electrons. The fourth-order valence-electron chi connectivity index (χ4n) is 3.57. The molecule has 1 N–H and O–H groups in total. The summed E-state index contributed by atoms with van der Waals surface area (Å²) >= 11 is 12.4. The van der Waals surface area contributed by atoms with Crippen molar-refractivity contribution in [3.63, 3.8) is 0 Å². The molecule has 2 aliphatic rings. The van der Waals surface area contributed by atoms with E-state index in [0.717, 1.165) is 18.4 Å². The summed E-state index contributed by atoms with van der Waals surface area (Å²) in [5.74, 6) is 0.0582. The van der Waals surface area contributed by atoms with E-state index in [0.29, 0.717) is 19.3 Å². The molecule has 2 aliphatic carbocycles. The molecule has 0 aromatic heterocycles. The quantitative estimate of drug-likeness (QED) is 0.755. The summed E-state index contributed by atoms with van der Waals surface area (Å²) in [5.41, 5.74) is 0.677. The predicted octanol–water partition coefficient (Wildman–Crippen LogP) is 4.95. The van der Waals surface area contributed by atoms with Crippen molar-refractivity contribution in [2.75, 3.05) is 0 Å². The second-order valence-electron chi connectivity index (χ2n) is 6.89. The Morgan fingerprint density at radius 3 is 2.68 bits per heavy atom. The highest BCUT2D eigenvalue weighted by atomic mass is 35.5. The summed E-state index contributed by atoms with van der Waals surface area (Å²) in [5, 5.41) is 11.5. The molecule has 0 radical (unpaired) electrons. The Morgan fingerprint density at radius 1 is 1.24 bits per heavy atom. The molecule has 3 rings (SSSR count). The van der Waals surface area contributed by atoms with Gasteiger partial charge in [-0.05, 0) is 48.8 Å². The molecule has 3 atom stereocenters. The molecule has 0 amide bonds. The van der Waals surface area contributed by atoms with Gasteiger partial charge in [-0.3, -0.25) is 4.79 Å². The van der Waals surface area contributed by atoms with Gasteiger partial charge in [0.15, 0.2) is 5.78 Å². The lowest BCUT2D eigenvalue weighted by molar-refractivity contribution is -0.115. The van der Waals surface area contributed by atoms with Gasteiger partial charge in [0.05, 0.1) is 10.4 Å². The molecule has 0 saturated carbocycles. The molecule has 1 aromatic rings. The van der Waals surface area contributed by atoms with Gasteiger partial charge in [-0.15, -0.1) is 11.6 Å². The van der Waals surface area contributed by atoms with Crippen LogP contribution >= 0.6 is 23.2 Å². The third-order valence-corrected chi connectivity index (χ3v) is 5.71. The lowest BCUT2D eigenvalue weighted by Crippen LogP contribution is -2.34. The van der Waals surface area contributed by atoms with Crippen LogP contribution in [0.2, 0.25) is 0 Å². The van der Waals surface area contributed by atoms with E-state index in [1.807, 2.05) is 36.4 Å². The minimum atomic E-state index is -1.30. The van der Waals surface area contributed by atoms with Crippen molar-refractivity contribution in [3.05, 3.63) is 70.8 Å². The Bertz CT molecular complexity index is 721. The maximum atomic E-state index is 12.2.